The predicted octanol–water partition coefficient (Wildman–Crippen LogP) is 5.45. The summed E-state index contributed by atoms with van der Waals surface area (Å²) in [4.78, 5) is 4.38. The molecule has 0 amide bonds. The van der Waals surface area contributed by atoms with Crippen LogP contribution in [0.15, 0.2) is 103 Å². The SMILES string of the molecule is Cc1cncc(-c2cccc(-c3ccc4c5c3Oc3ccccc3B5c3ccccc3O4)c2)c1. The van der Waals surface area contributed by atoms with Gasteiger partial charge in [-0.25, -0.2) is 0 Å². The number of nitrogens with zero attached hydrogens (tertiary/aromatic N) is 1. The van der Waals surface area contributed by atoms with E-state index in [0.29, 0.717) is 0 Å². The summed E-state index contributed by atoms with van der Waals surface area (Å²) in [5.74, 6) is 3.53. The summed E-state index contributed by atoms with van der Waals surface area (Å²) < 4.78 is 12.9. The number of aromatic nitrogens is 1. The van der Waals surface area contributed by atoms with Gasteiger partial charge >= 0.3 is 0 Å². The van der Waals surface area contributed by atoms with Crippen molar-refractivity contribution in [3.63, 3.8) is 0 Å². The summed E-state index contributed by atoms with van der Waals surface area (Å²) in [7, 11) is 0. The molecule has 0 fully saturated rings. The fourth-order valence-electron chi connectivity index (χ4n) is 5.19. The average molecular weight is 437 g/mol. The second kappa shape index (κ2) is 7.36. The molecule has 2 aliphatic heterocycles. The van der Waals surface area contributed by atoms with E-state index in [1.807, 2.05) is 30.6 Å². The Balaban J connectivity index is 1.44. The molecule has 0 N–H and O–H groups in total. The standard InChI is InChI=1S/C30H20BNO2/c1-19-15-22(18-32-17-19)20-7-6-8-21(16-20)23-13-14-28-29-30(23)34-27-12-5-3-10-25(27)31(29)24-9-2-4-11-26(24)33-28/h2-18H,1H3. The summed E-state index contributed by atoms with van der Waals surface area (Å²) in [5.41, 5.74) is 8.98. The Kier molecular flexibility index (Phi) is 4.15. The van der Waals surface area contributed by atoms with Crippen molar-refractivity contribution >= 4 is 23.1 Å². The van der Waals surface area contributed by atoms with Crippen LogP contribution in [0.1, 0.15) is 5.56 Å². The zero-order valence-electron chi connectivity index (χ0n) is 18.7. The van der Waals surface area contributed by atoms with E-state index in [0.717, 1.165) is 56.3 Å². The lowest BCUT2D eigenvalue weighted by Gasteiger charge is -2.34. The number of ether oxygens (including phenoxy) is 2. The molecule has 3 heterocycles. The molecule has 34 heavy (non-hydrogen) atoms. The molecule has 160 valence electrons. The number of rotatable bonds is 2. The molecule has 0 aliphatic carbocycles. The van der Waals surface area contributed by atoms with E-state index in [4.69, 9.17) is 9.47 Å². The highest BCUT2D eigenvalue weighted by Crippen LogP contribution is 2.41. The Morgan fingerprint density at radius 3 is 2.15 bits per heavy atom. The average Bonchev–Trinajstić information content (AvgIpc) is 2.88. The first-order valence-corrected chi connectivity index (χ1v) is 11.5. The zero-order valence-corrected chi connectivity index (χ0v) is 18.7. The van der Waals surface area contributed by atoms with Gasteiger partial charge in [0.2, 0.25) is 0 Å². The predicted molar refractivity (Wildman–Crippen MR) is 138 cm³/mol. The van der Waals surface area contributed by atoms with Crippen molar-refractivity contribution in [2.24, 2.45) is 0 Å². The molecule has 0 saturated heterocycles. The van der Waals surface area contributed by atoms with Crippen LogP contribution in [-0.4, -0.2) is 11.7 Å². The first-order chi connectivity index (χ1) is 16.8. The number of hydrogen-bond donors (Lipinski definition) is 0. The normalized spacial score (nSPS) is 12.7. The molecule has 0 bridgehead atoms. The molecule has 0 unspecified atom stereocenters. The number of aryl methyl sites for hydroxylation is 1. The van der Waals surface area contributed by atoms with Crippen LogP contribution in [0, 0.1) is 6.92 Å². The maximum Gasteiger partial charge on any atom is 0.260 e. The van der Waals surface area contributed by atoms with Crippen LogP contribution >= 0.6 is 0 Å². The Bertz CT molecular complexity index is 1580. The van der Waals surface area contributed by atoms with E-state index >= 15 is 0 Å². The minimum atomic E-state index is 0.0732. The molecule has 0 atom stereocenters. The van der Waals surface area contributed by atoms with E-state index in [-0.39, 0.29) is 6.71 Å². The Hall–Kier alpha value is -4.31. The first-order valence-electron chi connectivity index (χ1n) is 11.5. The van der Waals surface area contributed by atoms with Crippen molar-refractivity contribution in [1.29, 1.82) is 0 Å². The van der Waals surface area contributed by atoms with Gasteiger partial charge in [0.25, 0.3) is 6.71 Å². The monoisotopic (exact) mass is 437 g/mol. The second-order valence-electron chi connectivity index (χ2n) is 8.90. The van der Waals surface area contributed by atoms with Crippen LogP contribution in [0.5, 0.6) is 23.0 Å². The molecular formula is C30H20BNO2. The number of para-hydroxylation sites is 2. The molecule has 2 aliphatic rings. The molecule has 4 heteroatoms. The fraction of sp³-hybridized carbons (Fsp3) is 0.0333. The summed E-state index contributed by atoms with van der Waals surface area (Å²) in [6, 6.07) is 31.6. The van der Waals surface area contributed by atoms with Gasteiger partial charge in [0, 0.05) is 29.0 Å². The Labute approximate surface area is 198 Å². The van der Waals surface area contributed by atoms with E-state index in [9.17, 15) is 0 Å². The van der Waals surface area contributed by atoms with Crippen LogP contribution in [0.25, 0.3) is 22.3 Å². The summed E-state index contributed by atoms with van der Waals surface area (Å²) in [6.07, 6.45) is 3.79. The minimum Gasteiger partial charge on any atom is -0.458 e. The van der Waals surface area contributed by atoms with Gasteiger partial charge in [-0.05, 0) is 70.9 Å². The fourth-order valence-corrected chi connectivity index (χ4v) is 5.19. The van der Waals surface area contributed by atoms with Crippen molar-refractivity contribution in [2.45, 2.75) is 6.92 Å². The molecule has 4 aromatic carbocycles. The number of pyridine rings is 1. The van der Waals surface area contributed by atoms with Crippen LogP contribution in [0.2, 0.25) is 0 Å². The Morgan fingerprint density at radius 1 is 0.618 bits per heavy atom. The molecule has 1 aromatic heterocycles. The smallest absolute Gasteiger partial charge is 0.260 e. The van der Waals surface area contributed by atoms with Gasteiger partial charge < -0.3 is 9.47 Å². The minimum absolute atomic E-state index is 0.0732. The van der Waals surface area contributed by atoms with Gasteiger partial charge in [-0.15, -0.1) is 0 Å². The molecular weight excluding hydrogens is 417 g/mol. The maximum atomic E-state index is 6.60. The van der Waals surface area contributed by atoms with Gasteiger partial charge in [0.05, 0.1) is 0 Å². The highest BCUT2D eigenvalue weighted by molar-refractivity contribution is 6.98. The third kappa shape index (κ3) is 2.89. The Morgan fingerprint density at radius 2 is 1.35 bits per heavy atom. The summed E-state index contributed by atoms with van der Waals surface area (Å²) in [5, 5.41) is 0. The molecule has 0 saturated carbocycles. The van der Waals surface area contributed by atoms with E-state index in [2.05, 4.69) is 84.7 Å². The second-order valence-corrected chi connectivity index (χ2v) is 8.90. The number of fused-ring (bicyclic) bond motifs is 4. The largest absolute Gasteiger partial charge is 0.458 e. The molecule has 7 rings (SSSR count). The summed E-state index contributed by atoms with van der Waals surface area (Å²) >= 11 is 0. The van der Waals surface area contributed by atoms with Crippen LogP contribution < -0.4 is 25.9 Å². The van der Waals surface area contributed by atoms with Crippen molar-refractivity contribution in [3.8, 4) is 45.3 Å². The maximum absolute atomic E-state index is 6.60. The van der Waals surface area contributed by atoms with Gasteiger partial charge in [0.15, 0.2) is 0 Å². The third-order valence-corrected chi connectivity index (χ3v) is 6.72. The summed E-state index contributed by atoms with van der Waals surface area (Å²) in [6.45, 7) is 2.14. The van der Waals surface area contributed by atoms with E-state index in [1.54, 1.807) is 0 Å². The van der Waals surface area contributed by atoms with Crippen LogP contribution in [0.3, 0.4) is 0 Å². The molecule has 0 spiro atoms. The van der Waals surface area contributed by atoms with Crippen molar-refractivity contribution in [3.05, 3.63) is 109 Å². The zero-order chi connectivity index (χ0) is 22.6. The van der Waals surface area contributed by atoms with Crippen molar-refractivity contribution in [1.82, 2.24) is 4.98 Å². The molecule has 3 nitrogen and oxygen atoms in total. The number of hydrogen-bond acceptors (Lipinski definition) is 3. The molecule has 5 aromatic rings. The lowest BCUT2D eigenvalue weighted by Crippen LogP contribution is -2.57. The quantitative estimate of drug-likeness (QED) is 0.337. The van der Waals surface area contributed by atoms with Crippen molar-refractivity contribution < 1.29 is 9.47 Å². The van der Waals surface area contributed by atoms with Crippen LogP contribution in [0.4, 0.5) is 0 Å². The molecule has 0 radical (unpaired) electrons. The van der Waals surface area contributed by atoms with Gasteiger partial charge in [-0.2, -0.15) is 0 Å². The third-order valence-electron chi connectivity index (χ3n) is 6.72. The highest BCUT2D eigenvalue weighted by atomic mass is 16.5. The van der Waals surface area contributed by atoms with E-state index in [1.165, 1.54) is 10.9 Å². The first kappa shape index (κ1) is 19.2. The topological polar surface area (TPSA) is 31.4 Å². The van der Waals surface area contributed by atoms with Gasteiger partial charge in [-0.3, -0.25) is 4.98 Å². The van der Waals surface area contributed by atoms with Gasteiger partial charge in [0.1, 0.15) is 23.0 Å². The number of benzene rings is 4. The lowest BCUT2D eigenvalue weighted by molar-refractivity contribution is 0.465. The van der Waals surface area contributed by atoms with Crippen molar-refractivity contribution in [2.75, 3.05) is 0 Å². The van der Waals surface area contributed by atoms with Gasteiger partial charge in [-0.1, -0.05) is 54.6 Å². The van der Waals surface area contributed by atoms with Crippen LogP contribution in [-0.2, 0) is 0 Å². The lowest BCUT2D eigenvalue weighted by atomic mass is 9.34. The highest BCUT2D eigenvalue weighted by Gasteiger charge is 2.40. The van der Waals surface area contributed by atoms with E-state index < -0.39 is 0 Å².